The molecular formula is C23H26N2O3. The molecule has 1 aliphatic heterocycles. The topological polar surface area (TPSA) is 49.9 Å². The molecule has 146 valence electrons. The maximum absolute atomic E-state index is 12.9. The van der Waals surface area contributed by atoms with E-state index in [0.717, 1.165) is 11.3 Å². The van der Waals surface area contributed by atoms with Gasteiger partial charge in [0.15, 0.2) is 0 Å². The molecule has 1 fully saturated rings. The number of methoxy groups -OCH3 is 1. The molecule has 28 heavy (non-hydrogen) atoms. The van der Waals surface area contributed by atoms with E-state index in [0.29, 0.717) is 31.6 Å². The van der Waals surface area contributed by atoms with Gasteiger partial charge in [-0.3, -0.25) is 9.59 Å². The van der Waals surface area contributed by atoms with E-state index in [1.165, 1.54) is 0 Å². The van der Waals surface area contributed by atoms with Gasteiger partial charge in [0.25, 0.3) is 0 Å². The van der Waals surface area contributed by atoms with Crippen LogP contribution in [0.1, 0.15) is 18.4 Å². The number of amides is 2. The minimum atomic E-state index is -0.0800. The maximum Gasteiger partial charge on any atom is 0.246 e. The second kappa shape index (κ2) is 9.22. The van der Waals surface area contributed by atoms with E-state index in [4.69, 9.17) is 4.74 Å². The van der Waals surface area contributed by atoms with Gasteiger partial charge in [-0.25, -0.2) is 0 Å². The molecule has 2 amide bonds. The van der Waals surface area contributed by atoms with Crippen molar-refractivity contribution in [1.29, 1.82) is 0 Å². The summed E-state index contributed by atoms with van der Waals surface area (Å²) in [5, 5.41) is 0. The first-order valence-corrected chi connectivity index (χ1v) is 9.51. The van der Waals surface area contributed by atoms with Gasteiger partial charge in [-0.2, -0.15) is 0 Å². The Morgan fingerprint density at radius 1 is 1.21 bits per heavy atom. The van der Waals surface area contributed by atoms with Crippen LogP contribution in [0.4, 0.5) is 5.69 Å². The normalized spacial score (nSPS) is 16.8. The second-order valence-corrected chi connectivity index (χ2v) is 6.90. The van der Waals surface area contributed by atoms with E-state index in [9.17, 15) is 9.59 Å². The molecule has 0 bridgehead atoms. The van der Waals surface area contributed by atoms with Crippen LogP contribution < -0.4 is 9.64 Å². The van der Waals surface area contributed by atoms with Crippen LogP contribution in [0.15, 0.2) is 67.3 Å². The van der Waals surface area contributed by atoms with Gasteiger partial charge in [-0.1, -0.05) is 42.5 Å². The van der Waals surface area contributed by atoms with E-state index in [2.05, 4.69) is 18.7 Å². The van der Waals surface area contributed by atoms with Crippen LogP contribution in [0, 0.1) is 0 Å². The number of ether oxygens (including phenoxy) is 1. The number of anilines is 1. The van der Waals surface area contributed by atoms with Crippen molar-refractivity contribution in [3.05, 3.63) is 72.8 Å². The zero-order chi connectivity index (χ0) is 19.9. The summed E-state index contributed by atoms with van der Waals surface area (Å²) in [6.45, 7) is 4.24. The Morgan fingerprint density at radius 2 is 2.00 bits per heavy atom. The van der Waals surface area contributed by atoms with Gasteiger partial charge < -0.3 is 14.5 Å². The van der Waals surface area contributed by atoms with Crippen LogP contribution in [0.25, 0.3) is 0 Å². The molecule has 2 aromatic carbocycles. The lowest BCUT2D eigenvalue weighted by molar-refractivity contribution is -0.139. The third-order valence-corrected chi connectivity index (χ3v) is 5.00. The quantitative estimate of drug-likeness (QED) is 0.694. The number of carbonyl (C=O) groups is 2. The Labute approximate surface area is 166 Å². The average Bonchev–Trinajstić information content (AvgIpc) is 2.73. The third kappa shape index (κ3) is 4.60. The number of carbonyl (C=O) groups excluding carboxylic acids is 2. The molecule has 3 rings (SSSR count). The van der Waals surface area contributed by atoms with Crippen molar-refractivity contribution < 1.29 is 14.3 Å². The van der Waals surface area contributed by atoms with Crippen molar-refractivity contribution >= 4 is 17.5 Å². The Bertz CT molecular complexity index is 835. The number of hydrogen-bond donors (Lipinski definition) is 0. The predicted molar refractivity (Wildman–Crippen MR) is 110 cm³/mol. The highest BCUT2D eigenvalue weighted by Gasteiger charge is 2.35. The lowest BCUT2D eigenvalue weighted by Crippen LogP contribution is -2.58. The zero-order valence-corrected chi connectivity index (χ0v) is 16.2. The highest BCUT2D eigenvalue weighted by Crippen LogP contribution is 2.26. The highest BCUT2D eigenvalue weighted by molar-refractivity contribution is 5.98. The number of rotatable bonds is 7. The molecule has 0 saturated carbocycles. The number of hydrogen-bond acceptors (Lipinski definition) is 3. The summed E-state index contributed by atoms with van der Waals surface area (Å²) in [6.07, 6.45) is 3.43. The largest absolute Gasteiger partial charge is 0.497 e. The van der Waals surface area contributed by atoms with Crippen LogP contribution in [0.2, 0.25) is 0 Å². The standard InChI is InChI=1S/C23H26N2O3/c1-3-4-13-22(26)25-17-23(27)24(19-11-8-12-21(15-19)28-2)16-20(25)14-18-9-6-5-7-10-18/h3,5-12,15,20H,1,4,13-14,16-17H2,2H3. The van der Waals surface area contributed by atoms with Crippen LogP contribution in [0.3, 0.4) is 0 Å². The second-order valence-electron chi connectivity index (χ2n) is 6.90. The van der Waals surface area contributed by atoms with Crippen molar-refractivity contribution in [3.8, 4) is 5.75 Å². The first-order chi connectivity index (χ1) is 13.6. The first kappa shape index (κ1) is 19.7. The molecule has 1 heterocycles. The van der Waals surface area contributed by atoms with Crippen molar-refractivity contribution in [2.45, 2.75) is 25.3 Å². The smallest absolute Gasteiger partial charge is 0.246 e. The van der Waals surface area contributed by atoms with Crippen molar-refractivity contribution in [3.63, 3.8) is 0 Å². The lowest BCUT2D eigenvalue weighted by Gasteiger charge is -2.41. The molecule has 0 aliphatic carbocycles. The van der Waals surface area contributed by atoms with E-state index in [-0.39, 0.29) is 24.4 Å². The number of allylic oxidation sites excluding steroid dienone is 1. The lowest BCUT2D eigenvalue weighted by atomic mass is 10.0. The fourth-order valence-electron chi connectivity index (χ4n) is 3.52. The molecule has 2 aromatic rings. The van der Waals surface area contributed by atoms with E-state index >= 15 is 0 Å². The molecule has 1 aliphatic rings. The Hall–Kier alpha value is -3.08. The van der Waals surface area contributed by atoms with Gasteiger partial charge in [0.05, 0.1) is 13.2 Å². The fourth-order valence-corrected chi connectivity index (χ4v) is 3.52. The van der Waals surface area contributed by atoms with Gasteiger partial charge in [0, 0.05) is 24.7 Å². The SMILES string of the molecule is C=CCCC(=O)N1CC(=O)N(c2cccc(OC)c2)CC1Cc1ccccc1. The van der Waals surface area contributed by atoms with Crippen LogP contribution in [-0.4, -0.2) is 43.0 Å². The molecule has 1 atom stereocenters. The minimum Gasteiger partial charge on any atom is -0.497 e. The van der Waals surface area contributed by atoms with Crippen molar-refractivity contribution in [2.75, 3.05) is 25.1 Å². The summed E-state index contributed by atoms with van der Waals surface area (Å²) in [6, 6.07) is 17.5. The number of piperazine rings is 1. The van der Waals surface area contributed by atoms with Crippen molar-refractivity contribution in [1.82, 2.24) is 4.90 Å². The first-order valence-electron chi connectivity index (χ1n) is 9.51. The Morgan fingerprint density at radius 3 is 2.71 bits per heavy atom. The molecular weight excluding hydrogens is 352 g/mol. The van der Waals surface area contributed by atoms with Crippen LogP contribution >= 0.6 is 0 Å². The summed E-state index contributed by atoms with van der Waals surface area (Å²) in [5.41, 5.74) is 1.94. The van der Waals surface area contributed by atoms with Gasteiger partial charge >= 0.3 is 0 Å². The molecule has 5 heteroatoms. The summed E-state index contributed by atoms with van der Waals surface area (Å²) < 4.78 is 5.30. The summed E-state index contributed by atoms with van der Waals surface area (Å²) in [4.78, 5) is 29.1. The molecule has 0 aromatic heterocycles. The summed E-state index contributed by atoms with van der Waals surface area (Å²) in [5.74, 6) is 0.624. The highest BCUT2D eigenvalue weighted by atomic mass is 16.5. The Balaban J connectivity index is 1.85. The maximum atomic E-state index is 12.9. The molecule has 5 nitrogen and oxygen atoms in total. The third-order valence-electron chi connectivity index (χ3n) is 5.00. The molecule has 0 radical (unpaired) electrons. The molecule has 1 saturated heterocycles. The van der Waals surface area contributed by atoms with Gasteiger partial charge in [0.2, 0.25) is 11.8 Å². The molecule has 0 N–H and O–H groups in total. The predicted octanol–water partition coefficient (Wildman–Crippen LogP) is 3.45. The Kier molecular flexibility index (Phi) is 6.48. The van der Waals surface area contributed by atoms with E-state index < -0.39 is 0 Å². The summed E-state index contributed by atoms with van der Waals surface area (Å²) >= 11 is 0. The average molecular weight is 378 g/mol. The van der Waals surface area contributed by atoms with Crippen molar-refractivity contribution in [2.24, 2.45) is 0 Å². The monoisotopic (exact) mass is 378 g/mol. The zero-order valence-electron chi connectivity index (χ0n) is 16.2. The van der Waals surface area contributed by atoms with Crippen LogP contribution in [-0.2, 0) is 16.0 Å². The van der Waals surface area contributed by atoms with Gasteiger partial charge in [-0.05, 0) is 30.5 Å². The number of nitrogens with zero attached hydrogens (tertiary/aromatic N) is 2. The number of benzene rings is 2. The minimum absolute atomic E-state index is 0.000488. The van der Waals surface area contributed by atoms with E-state index in [1.807, 2.05) is 42.5 Å². The van der Waals surface area contributed by atoms with Gasteiger partial charge in [-0.15, -0.1) is 6.58 Å². The summed E-state index contributed by atoms with van der Waals surface area (Å²) in [7, 11) is 1.61. The molecule has 1 unspecified atom stereocenters. The van der Waals surface area contributed by atoms with Crippen LogP contribution in [0.5, 0.6) is 5.75 Å². The fraction of sp³-hybridized carbons (Fsp3) is 0.304. The van der Waals surface area contributed by atoms with E-state index in [1.54, 1.807) is 23.0 Å². The molecule has 0 spiro atoms. The van der Waals surface area contributed by atoms with Gasteiger partial charge in [0.1, 0.15) is 12.3 Å².